The zero-order valence-electron chi connectivity index (χ0n) is 16.3. The number of carbonyl (C=O) groups excluding carboxylic acids is 1. The average Bonchev–Trinajstić information content (AvgIpc) is 3.31. The number of carbonyl (C=O) groups is 1. The lowest BCUT2D eigenvalue weighted by Crippen LogP contribution is -2.40. The van der Waals surface area contributed by atoms with Crippen LogP contribution in [0.5, 0.6) is 0 Å². The van der Waals surface area contributed by atoms with Crippen molar-refractivity contribution in [3.8, 4) is 0 Å². The summed E-state index contributed by atoms with van der Waals surface area (Å²) in [6, 6.07) is 12.7. The van der Waals surface area contributed by atoms with Gasteiger partial charge in [0, 0.05) is 16.6 Å². The molecule has 29 heavy (non-hydrogen) atoms. The molecule has 0 heterocycles. The Labute approximate surface area is 176 Å². The molecule has 2 saturated carbocycles. The fourth-order valence-corrected chi connectivity index (χ4v) is 6.16. The summed E-state index contributed by atoms with van der Waals surface area (Å²) < 4.78 is 27.9. The zero-order chi connectivity index (χ0) is 20.6. The molecule has 2 fully saturated rings. The van der Waals surface area contributed by atoms with Gasteiger partial charge in [-0.1, -0.05) is 30.2 Å². The molecule has 4 atom stereocenters. The van der Waals surface area contributed by atoms with Crippen LogP contribution in [0, 0.1) is 17.8 Å². The van der Waals surface area contributed by atoms with Crippen LogP contribution in [0.15, 0.2) is 53.4 Å². The monoisotopic (exact) mass is 432 g/mol. The van der Waals surface area contributed by atoms with E-state index in [-0.39, 0.29) is 16.8 Å². The molecule has 2 aliphatic rings. The molecule has 2 N–H and O–H groups in total. The highest BCUT2D eigenvalue weighted by Gasteiger charge is 2.42. The number of halogens is 1. The molecule has 7 heteroatoms. The Morgan fingerprint density at radius 2 is 1.90 bits per heavy atom. The van der Waals surface area contributed by atoms with E-state index in [1.54, 1.807) is 30.3 Å². The smallest absolute Gasteiger partial charge is 0.261 e. The third-order valence-electron chi connectivity index (χ3n) is 6.28. The number of anilines is 1. The fraction of sp³-hybridized carbons (Fsp3) is 0.409. The second kappa shape index (κ2) is 8.00. The number of sulfonamides is 1. The molecule has 0 unspecified atom stereocenters. The van der Waals surface area contributed by atoms with E-state index in [1.807, 2.05) is 0 Å². The molecule has 0 saturated heterocycles. The van der Waals surface area contributed by atoms with Gasteiger partial charge in [0.15, 0.2) is 0 Å². The summed E-state index contributed by atoms with van der Waals surface area (Å²) in [5.74, 6) is 1.81. The van der Waals surface area contributed by atoms with E-state index >= 15 is 0 Å². The topological polar surface area (TPSA) is 75.3 Å². The highest BCUT2D eigenvalue weighted by Crippen LogP contribution is 2.49. The Kier molecular flexibility index (Phi) is 5.58. The van der Waals surface area contributed by atoms with Crippen molar-refractivity contribution in [2.75, 3.05) is 4.72 Å². The number of hydrogen-bond donors (Lipinski definition) is 2. The number of rotatable bonds is 6. The van der Waals surface area contributed by atoms with Crippen molar-refractivity contribution in [3.63, 3.8) is 0 Å². The van der Waals surface area contributed by atoms with E-state index in [1.165, 1.54) is 43.9 Å². The summed E-state index contributed by atoms with van der Waals surface area (Å²) in [6.45, 7) is 2.06. The Balaban J connectivity index is 1.47. The molecule has 2 bridgehead atoms. The maximum Gasteiger partial charge on any atom is 0.261 e. The maximum atomic E-state index is 12.8. The maximum absolute atomic E-state index is 12.8. The normalized spacial score (nSPS) is 24.3. The fourth-order valence-electron chi connectivity index (χ4n) is 4.87. The standard InChI is InChI=1S/C22H25ClN2O3S/c1-14(21-11-15-8-9-16(21)10-15)24-22(26)17-4-2-7-20(12-17)29(27,28)25-19-6-3-5-18(23)13-19/h2-7,12-16,21,25H,8-11H2,1H3,(H,24,26)/t14-,15-,16-,21+/m0/s1. The summed E-state index contributed by atoms with van der Waals surface area (Å²) in [5, 5.41) is 3.53. The molecule has 0 aromatic heterocycles. The van der Waals surface area contributed by atoms with Gasteiger partial charge in [-0.3, -0.25) is 9.52 Å². The van der Waals surface area contributed by atoms with Crippen LogP contribution in [0.3, 0.4) is 0 Å². The van der Waals surface area contributed by atoms with E-state index in [9.17, 15) is 13.2 Å². The van der Waals surface area contributed by atoms with E-state index in [0.29, 0.717) is 28.1 Å². The van der Waals surface area contributed by atoms with E-state index in [2.05, 4.69) is 17.0 Å². The van der Waals surface area contributed by atoms with Crippen LogP contribution >= 0.6 is 11.6 Å². The SMILES string of the molecule is C[C@H](NC(=O)c1cccc(S(=O)(=O)Nc2cccc(Cl)c2)c1)[C@H]1C[C@H]2CC[C@H]1C2. The van der Waals surface area contributed by atoms with Crippen molar-refractivity contribution in [2.24, 2.45) is 17.8 Å². The van der Waals surface area contributed by atoms with Crippen molar-refractivity contribution in [3.05, 3.63) is 59.1 Å². The van der Waals surface area contributed by atoms with Crippen LogP contribution in [0.4, 0.5) is 5.69 Å². The van der Waals surface area contributed by atoms with Gasteiger partial charge in [0.25, 0.3) is 15.9 Å². The Morgan fingerprint density at radius 3 is 2.59 bits per heavy atom. The van der Waals surface area contributed by atoms with Gasteiger partial charge in [-0.25, -0.2) is 8.42 Å². The van der Waals surface area contributed by atoms with Gasteiger partial charge in [0.1, 0.15) is 0 Å². The first-order chi connectivity index (χ1) is 13.8. The summed E-state index contributed by atoms with van der Waals surface area (Å²) in [4.78, 5) is 12.8. The Morgan fingerprint density at radius 1 is 1.10 bits per heavy atom. The summed E-state index contributed by atoms with van der Waals surface area (Å²) in [5.41, 5.74) is 0.714. The van der Waals surface area contributed by atoms with Crippen LogP contribution < -0.4 is 10.0 Å². The van der Waals surface area contributed by atoms with Crippen LogP contribution in [0.25, 0.3) is 0 Å². The zero-order valence-corrected chi connectivity index (χ0v) is 17.8. The van der Waals surface area contributed by atoms with E-state index in [0.717, 1.165) is 5.92 Å². The second-order valence-electron chi connectivity index (χ2n) is 8.24. The minimum atomic E-state index is -3.83. The van der Waals surface area contributed by atoms with Crippen molar-refractivity contribution in [2.45, 2.75) is 43.5 Å². The highest BCUT2D eigenvalue weighted by molar-refractivity contribution is 7.92. The largest absolute Gasteiger partial charge is 0.349 e. The minimum absolute atomic E-state index is 0.0395. The molecule has 154 valence electrons. The molecular weight excluding hydrogens is 408 g/mol. The molecule has 5 nitrogen and oxygen atoms in total. The predicted octanol–water partition coefficient (Wildman–Crippen LogP) is 4.70. The molecule has 1 amide bonds. The predicted molar refractivity (Wildman–Crippen MR) is 115 cm³/mol. The van der Waals surface area contributed by atoms with Crippen LogP contribution in [-0.2, 0) is 10.0 Å². The molecule has 2 aromatic rings. The second-order valence-corrected chi connectivity index (χ2v) is 10.4. The first kappa shape index (κ1) is 20.2. The molecule has 4 rings (SSSR count). The number of hydrogen-bond acceptors (Lipinski definition) is 3. The van der Waals surface area contributed by atoms with Crippen molar-refractivity contribution in [1.82, 2.24) is 5.32 Å². The molecule has 0 spiro atoms. The molecule has 0 radical (unpaired) electrons. The highest BCUT2D eigenvalue weighted by atomic mass is 35.5. The Bertz CT molecular complexity index is 1020. The number of amides is 1. The first-order valence-corrected chi connectivity index (χ1v) is 11.9. The molecule has 2 aliphatic carbocycles. The number of benzene rings is 2. The molecule has 0 aliphatic heterocycles. The Hall–Kier alpha value is -2.05. The van der Waals surface area contributed by atoms with Gasteiger partial charge >= 0.3 is 0 Å². The van der Waals surface area contributed by atoms with Gasteiger partial charge < -0.3 is 5.32 Å². The van der Waals surface area contributed by atoms with Crippen LogP contribution in [0.2, 0.25) is 5.02 Å². The van der Waals surface area contributed by atoms with Gasteiger partial charge in [0.05, 0.1) is 10.6 Å². The van der Waals surface area contributed by atoms with E-state index in [4.69, 9.17) is 11.6 Å². The van der Waals surface area contributed by atoms with Gasteiger partial charge in [-0.2, -0.15) is 0 Å². The van der Waals surface area contributed by atoms with Gasteiger partial charge in [0.2, 0.25) is 0 Å². The lowest BCUT2D eigenvalue weighted by Gasteiger charge is -2.28. The van der Waals surface area contributed by atoms with Crippen molar-refractivity contribution < 1.29 is 13.2 Å². The average molecular weight is 433 g/mol. The third kappa shape index (κ3) is 4.43. The lowest BCUT2D eigenvalue weighted by molar-refractivity contribution is 0.0915. The van der Waals surface area contributed by atoms with Gasteiger partial charge in [-0.05, 0) is 80.3 Å². The first-order valence-electron chi connectivity index (χ1n) is 10.0. The van der Waals surface area contributed by atoms with Crippen LogP contribution in [-0.4, -0.2) is 20.4 Å². The summed E-state index contributed by atoms with van der Waals surface area (Å²) in [6.07, 6.45) is 5.05. The molecular formula is C22H25ClN2O3S. The third-order valence-corrected chi connectivity index (χ3v) is 7.89. The summed E-state index contributed by atoms with van der Waals surface area (Å²) >= 11 is 5.92. The number of fused-ring (bicyclic) bond motifs is 2. The minimum Gasteiger partial charge on any atom is -0.349 e. The van der Waals surface area contributed by atoms with E-state index < -0.39 is 10.0 Å². The summed E-state index contributed by atoms with van der Waals surface area (Å²) in [7, 11) is -3.83. The number of nitrogens with one attached hydrogen (secondary N) is 2. The lowest BCUT2D eigenvalue weighted by atomic mass is 9.84. The van der Waals surface area contributed by atoms with Crippen LogP contribution in [0.1, 0.15) is 43.0 Å². The molecule has 2 aromatic carbocycles. The van der Waals surface area contributed by atoms with Crippen molar-refractivity contribution in [1.29, 1.82) is 0 Å². The van der Waals surface area contributed by atoms with Gasteiger partial charge in [-0.15, -0.1) is 0 Å². The quantitative estimate of drug-likeness (QED) is 0.694. The van der Waals surface area contributed by atoms with Crippen molar-refractivity contribution >= 4 is 33.2 Å².